The van der Waals surface area contributed by atoms with Crippen molar-refractivity contribution in [3.05, 3.63) is 35.9 Å². The van der Waals surface area contributed by atoms with Crippen molar-refractivity contribution >= 4 is 5.96 Å². The Morgan fingerprint density at radius 1 is 1.27 bits per heavy atom. The third-order valence-electron chi connectivity index (χ3n) is 5.81. The summed E-state index contributed by atoms with van der Waals surface area (Å²) in [6.07, 6.45) is 5.85. The van der Waals surface area contributed by atoms with Gasteiger partial charge in [-0.05, 0) is 56.7 Å². The van der Waals surface area contributed by atoms with Crippen LogP contribution in [0.15, 0.2) is 35.3 Å². The fraction of sp³-hybridized carbons (Fsp3) is 0.667. The van der Waals surface area contributed by atoms with Crippen molar-refractivity contribution < 1.29 is 4.74 Å². The highest BCUT2D eigenvalue weighted by Gasteiger charge is 2.23. The van der Waals surface area contributed by atoms with Crippen molar-refractivity contribution in [2.24, 2.45) is 16.6 Å². The van der Waals surface area contributed by atoms with E-state index in [1.165, 1.54) is 24.9 Å². The molecular formula is C21H34N4O. The summed E-state index contributed by atoms with van der Waals surface area (Å²) >= 11 is 0. The molecule has 2 atom stereocenters. The highest BCUT2D eigenvalue weighted by Crippen LogP contribution is 2.27. The largest absolute Gasteiger partial charge is 0.381 e. The maximum absolute atomic E-state index is 6.28. The zero-order valence-electron chi connectivity index (χ0n) is 16.1. The number of guanidine groups is 1. The molecule has 3 rings (SSSR count). The van der Waals surface area contributed by atoms with E-state index in [9.17, 15) is 0 Å². The van der Waals surface area contributed by atoms with Gasteiger partial charge in [0.05, 0.1) is 12.6 Å². The van der Waals surface area contributed by atoms with Gasteiger partial charge in [-0.2, -0.15) is 0 Å². The number of rotatable bonds is 7. The summed E-state index contributed by atoms with van der Waals surface area (Å²) in [6, 6.07) is 11.4. The third-order valence-corrected chi connectivity index (χ3v) is 5.81. The van der Waals surface area contributed by atoms with Gasteiger partial charge in [0.25, 0.3) is 0 Å². The molecule has 2 saturated heterocycles. The van der Waals surface area contributed by atoms with Crippen LogP contribution in [0.4, 0.5) is 0 Å². The zero-order chi connectivity index (χ0) is 18.2. The van der Waals surface area contributed by atoms with Crippen molar-refractivity contribution in [3.8, 4) is 0 Å². The second-order valence-electron chi connectivity index (χ2n) is 7.55. The first-order valence-corrected chi connectivity index (χ1v) is 10.2. The highest BCUT2D eigenvalue weighted by atomic mass is 16.5. The van der Waals surface area contributed by atoms with E-state index in [1.54, 1.807) is 0 Å². The number of likely N-dealkylation sites (N-methyl/N-ethyl adjacent to an activating group) is 1. The number of nitrogens with one attached hydrogen (secondary N) is 1. The van der Waals surface area contributed by atoms with Crippen LogP contribution in [0.25, 0.3) is 0 Å². The number of nitrogens with two attached hydrogens (primary N) is 1. The Bertz CT molecular complexity index is 556. The fourth-order valence-corrected chi connectivity index (χ4v) is 4.23. The minimum absolute atomic E-state index is 0.217. The number of ether oxygens (including phenoxy) is 1. The molecule has 0 spiro atoms. The Morgan fingerprint density at radius 2 is 2.04 bits per heavy atom. The van der Waals surface area contributed by atoms with E-state index in [1.807, 2.05) is 0 Å². The number of likely N-dealkylation sites (tertiary alicyclic amines) is 1. The monoisotopic (exact) mass is 358 g/mol. The van der Waals surface area contributed by atoms with Gasteiger partial charge in [0, 0.05) is 19.3 Å². The summed E-state index contributed by atoms with van der Waals surface area (Å²) < 4.78 is 5.51. The molecule has 0 aliphatic carbocycles. The van der Waals surface area contributed by atoms with Crippen molar-refractivity contribution in [1.82, 2.24) is 10.2 Å². The van der Waals surface area contributed by atoms with Gasteiger partial charge in [-0.3, -0.25) is 9.89 Å². The van der Waals surface area contributed by atoms with Gasteiger partial charge in [-0.25, -0.2) is 0 Å². The normalized spacial score (nSPS) is 23.9. The van der Waals surface area contributed by atoms with Gasteiger partial charge in [0.1, 0.15) is 0 Å². The van der Waals surface area contributed by atoms with Crippen LogP contribution in [0, 0.1) is 5.92 Å². The molecule has 2 heterocycles. The number of aliphatic imine (C=N–C) groups is 1. The quantitative estimate of drug-likeness (QED) is 0.581. The van der Waals surface area contributed by atoms with E-state index in [-0.39, 0.29) is 6.04 Å². The number of nitrogens with zero attached hydrogens (tertiary/aromatic N) is 2. The van der Waals surface area contributed by atoms with Crippen LogP contribution < -0.4 is 11.1 Å². The molecule has 1 aromatic rings. The van der Waals surface area contributed by atoms with Crippen LogP contribution in [-0.2, 0) is 4.74 Å². The van der Waals surface area contributed by atoms with E-state index in [0.717, 1.165) is 45.6 Å². The number of hydrogen-bond acceptors (Lipinski definition) is 3. The first-order chi connectivity index (χ1) is 12.8. The van der Waals surface area contributed by atoms with Crippen LogP contribution in [-0.4, -0.2) is 49.7 Å². The van der Waals surface area contributed by atoms with E-state index >= 15 is 0 Å². The van der Waals surface area contributed by atoms with Crippen molar-refractivity contribution in [2.75, 3.05) is 32.8 Å². The smallest absolute Gasteiger partial charge is 0.189 e. The summed E-state index contributed by atoms with van der Waals surface area (Å²) in [5, 5.41) is 3.51. The van der Waals surface area contributed by atoms with Crippen molar-refractivity contribution in [2.45, 2.75) is 51.1 Å². The standard InChI is InChI=1S/C21H34N4O/c1-2-25-12-6-9-19(25)16-23-21(22)24-20(18-7-4-3-5-8-18)15-17-10-13-26-14-11-17/h3-5,7-8,17,19-20H,2,6,9-16H2,1H3,(H3,22,23,24). The Hall–Kier alpha value is -1.59. The van der Waals surface area contributed by atoms with Gasteiger partial charge < -0.3 is 15.8 Å². The summed E-state index contributed by atoms with van der Waals surface area (Å²) in [7, 11) is 0. The Labute approximate surface area is 158 Å². The summed E-state index contributed by atoms with van der Waals surface area (Å²) in [5.41, 5.74) is 7.56. The van der Waals surface area contributed by atoms with Gasteiger partial charge in [-0.15, -0.1) is 0 Å². The molecule has 144 valence electrons. The van der Waals surface area contributed by atoms with Crippen LogP contribution in [0.2, 0.25) is 0 Å². The molecule has 2 aliphatic rings. The molecule has 1 aromatic carbocycles. The van der Waals surface area contributed by atoms with Crippen LogP contribution in [0.3, 0.4) is 0 Å². The molecular weight excluding hydrogens is 324 g/mol. The van der Waals surface area contributed by atoms with Crippen LogP contribution >= 0.6 is 0 Å². The molecule has 0 bridgehead atoms. The lowest BCUT2D eigenvalue weighted by atomic mass is 9.89. The summed E-state index contributed by atoms with van der Waals surface area (Å²) in [4.78, 5) is 7.19. The molecule has 3 N–H and O–H groups in total. The van der Waals surface area contributed by atoms with Crippen molar-refractivity contribution in [1.29, 1.82) is 0 Å². The number of hydrogen-bond donors (Lipinski definition) is 2. The van der Waals surface area contributed by atoms with E-state index < -0.39 is 0 Å². The van der Waals surface area contributed by atoms with Gasteiger partial charge in [0.15, 0.2) is 5.96 Å². The first kappa shape index (κ1) is 19.2. The molecule has 5 heteroatoms. The summed E-state index contributed by atoms with van der Waals surface area (Å²) in [6.45, 7) is 7.08. The molecule has 0 radical (unpaired) electrons. The topological polar surface area (TPSA) is 62.9 Å². The average molecular weight is 359 g/mol. The second-order valence-corrected chi connectivity index (χ2v) is 7.55. The minimum atomic E-state index is 0.217. The Morgan fingerprint density at radius 3 is 2.77 bits per heavy atom. The average Bonchev–Trinajstić information content (AvgIpc) is 3.15. The zero-order valence-corrected chi connectivity index (χ0v) is 16.1. The Kier molecular flexibility index (Phi) is 7.32. The molecule has 2 aliphatic heterocycles. The fourth-order valence-electron chi connectivity index (χ4n) is 4.23. The summed E-state index contributed by atoms with van der Waals surface area (Å²) in [5.74, 6) is 1.26. The van der Waals surface area contributed by atoms with E-state index in [4.69, 9.17) is 10.5 Å². The van der Waals surface area contributed by atoms with E-state index in [2.05, 4.69) is 52.5 Å². The van der Waals surface area contributed by atoms with E-state index in [0.29, 0.717) is 17.9 Å². The highest BCUT2D eigenvalue weighted by molar-refractivity contribution is 5.78. The molecule has 0 aromatic heterocycles. The molecule has 26 heavy (non-hydrogen) atoms. The second kappa shape index (κ2) is 9.93. The van der Waals surface area contributed by atoms with Crippen LogP contribution in [0.1, 0.15) is 50.6 Å². The molecule has 0 amide bonds. The van der Waals surface area contributed by atoms with Crippen molar-refractivity contribution in [3.63, 3.8) is 0 Å². The molecule has 2 fully saturated rings. The first-order valence-electron chi connectivity index (χ1n) is 10.2. The molecule has 5 nitrogen and oxygen atoms in total. The lowest BCUT2D eigenvalue weighted by molar-refractivity contribution is 0.0612. The lowest BCUT2D eigenvalue weighted by Crippen LogP contribution is -2.38. The van der Waals surface area contributed by atoms with Crippen LogP contribution in [0.5, 0.6) is 0 Å². The van der Waals surface area contributed by atoms with Gasteiger partial charge in [-0.1, -0.05) is 37.3 Å². The maximum Gasteiger partial charge on any atom is 0.189 e. The number of benzene rings is 1. The lowest BCUT2D eigenvalue weighted by Gasteiger charge is -2.28. The Balaban J connectivity index is 1.61. The van der Waals surface area contributed by atoms with Gasteiger partial charge >= 0.3 is 0 Å². The predicted octanol–water partition coefficient (Wildman–Crippen LogP) is 2.93. The molecule has 0 saturated carbocycles. The SMILES string of the molecule is CCN1CCCC1CN=C(N)NC(CC1CCOCC1)c1ccccc1. The predicted molar refractivity (Wildman–Crippen MR) is 107 cm³/mol. The minimum Gasteiger partial charge on any atom is -0.381 e. The maximum atomic E-state index is 6.28. The third kappa shape index (κ3) is 5.45. The molecule has 2 unspecified atom stereocenters. The van der Waals surface area contributed by atoms with Gasteiger partial charge in [0.2, 0.25) is 0 Å².